The highest BCUT2D eigenvalue weighted by atomic mass is 32.2. The Hall–Kier alpha value is -2.75. The highest BCUT2D eigenvalue weighted by Gasteiger charge is 2.31. The first-order chi connectivity index (χ1) is 16.0. The van der Waals surface area contributed by atoms with Crippen LogP contribution in [0.5, 0.6) is 0 Å². The smallest absolute Gasteiger partial charge is 0.416 e. The summed E-state index contributed by atoms with van der Waals surface area (Å²) in [4.78, 5) is 11.3. The Labute approximate surface area is 200 Å². The Morgan fingerprint density at radius 2 is 1.97 bits per heavy atom. The van der Waals surface area contributed by atoms with Gasteiger partial charge in [0.05, 0.1) is 10.8 Å². The number of hydrogen-bond donors (Lipinski definition) is 1. The molecule has 3 rings (SSSR count). The number of allylic oxidation sites excluding steroid dienone is 2. The van der Waals surface area contributed by atoms with Crippen LogP contribution in [0.1, 0.15) is 63.2 Å². The van der Waals surface area contributed by atoms with Crippen LogP contribution < -0.4 is 0 Å². The molecule has 1 heterocycles. The largest absolute Gasteiger partial charge is 0.478 e. The van der Waals surface area contributed by atoms with Crippen molar-refractivity contribution in [3.63, 3.8) is 0 Å². The number of nitrogens with zero attached hydrogens (tertiary/aromatic N) is 2. The number of alkyl halides is 3. The number of aliphatic carboxylic acids is 1. The topological polar surface area (TPSA) is 85.5 Å². The van der Waals surface area contributed by atoms with E-state index in [1.807, 2.05) is 12.2 Å². The lowest BCUT2D eigenvalue weighted by Crippen LogP contribution is -2.34. The van der Waals surface area contributed by atoms with Crippen LogP contribution in [0.2, 0.25) is 0 Å². The van der Waals surface area contributed by atoms with Crippen molar-refractivity contribution in [2.45, 2.75) is 68.7 Å². The minimum atomic E-state index is -4.41. The normalized spacial score (nSPS) is 17.4. The van der Waals surface area contributed by atoms with Crippen molar-refractivity contribution in [3.05, 3.63) is 59.7 Å². The van der Waals surface area contributed by atoms with E-state index in [2.05, 4.69) is 17.1 Å². The maximum atomic E-state index is 12.8. The molecule has 2 unspecified atom stereocenters. The van der Waals surface area contributed by atoms with Crippen molar-refractivity contribution in [1.82, 2.24) is 10.2 Å². The fourth-order valence-electron chi connectivity index (χ4n) is 3.23. The van der Waals surface area contributed by atoms with Gasteiger partial charge in [-0.15, -0.1) is 22.0 Å². The Balaban J connectivity index is 1.69. The number of carboxylic acids is 1. The lowest BCUT2D eigenvalue weighted by Gasteiger charge is -2.25. The number of unbranched alkanes of at least 4 members (excludes halogenated alkanes) is 1. The third kappa shape index (κ3) is 6.65. The molecule has 184 valence electrons. The molecule has 2 atom stereocenters. The molecule has 10 heteroatoms. The van der Waals surface area contributed by atoms with Crippen molar-refractivity contribution in [2.75, 3.05) is 0 Å². The summed E-state index contributed by atoms with van der Waals surface area (Å²) < 4.78 is 49.9. The van der Waals surface area contributed by atoms with Gasteiger partial charge < -0.3 is 14.3 Å². The zero-order valence-corrected chi connectivity index (χ0v) is 19.9. The van der Waals surface area contributed by atoms with Gasteiger partial charge in [-0.25, -0.2) is 4.79 Å². The predicted molar refractivity (Wildman–Crippen MR) is 123 cm³/mol. The molecule has 0 fully saturated rings. The molecule has 1 aliphatic rings. The number of aromatic nitrogens is 2. The summed E-state index contributed by atoms with van der Waals surface area (Å²) in [6, 6.07) is 4.63. The number of hydrogen-bond acceptors (Lipinski definition) is 6. The van der Waals surface area contributed by atoms with Crippen LogP contribution in [-0.4, -0.2) is 32.1 Å². The molecule has 0 bridgehead atoms. The third-order valence-corrected chi connectivity index (χ3v) is 6.71. The van der Waals surface area contributed by atoms with Crippen LogP contribution in [0.4, 0.5) is 13.2 Å². The minimum absolute atomic E-state index is 0.0865. The average Bonchev–Trinajstić information content (AvgIpc) is 3.27. The molecule has 1 aromatic heterocycles. The lowest BCUT2D eigenvalue weighted by atomic mass is 10.1. The Bertz CT molecular complexity index is 1050. The van der Waals surface area contributed by atoms with E-state index in [0.29, 0.717) is 23.6 Å². The number of carboxylic acid groups (broad SMARTS) is 1. The predicted octanol–water partition coefficient (Wildman–Crippen LogP) is 6.81. The fourth-order valence-corrected chi connectivity index (χ4v) is 4.54. The van der Waals surface area contributed by atoms with Crippen LogP contribution >= 0.6 is 11.8 Å². The summed E-state index contributed by atoms with van der Waals surface area (Å²) >= 11 is 1.65. The van der Waals surface area contributed by atoms with E-state index in [9.17, 15) is 23.1 Å². The van der Waals surface area contributed by atoms with Crippen LogP contribution in [0.25, 0.3) is 11.5 Å². The minimum Gasteiger partial charge on any atom is -0.478 e. The number of halogens is 3. The van der Waals surface area contributed by atoms with Gasteiger partial charge in [0.15, 0.2) is 5.60 Å². The summed E-state index contributed by atoms with van der Waals surface area (Å²) in [5.74, 6) is 0.0752. The standard InChI is InChI=1S/C24H27F3N2O4S/c1-4-5-6-19(34-18-13-11-17(12-14-18)33-23(2,3)22(30)31)21-29-28-20(32-21)15-7-9-16(10-8-15)24(25,26)27/h7-13,18-19H,4-6,14H2,1-3H3,(H,30,31). The quantitative estimate of drug-likeness (QED) is 0.387. The molecule has 1 N–H and O–H groups in total. The van der Waals surface area contributed by atoms with Crippen molar-refractivity contribution >= 4 is 17.7 Å². The number of rotatable bonds is 10. The second-order valence-corrected chi connectivity index (χ2v) is 9.89. The molecule has 0 spiro atoms. The average molecular weight is 497 g/mol. The second-order valence-electron chi connectivity index (χ2n) is 8.44. The Morgan fingerprint density at radius 1 is 1.26 bits per heavy atom. The SMILES string of the molecule is CCCCC(SC1C=CC(OC(C)(C)C(=O)O)=CC1)c1nnc(-c2ccc(C(F)(F)F)cc2)o1. The maximum absolute atomic E-state index is 12.8. The molecule has 0 saturated carbocycles. The molecule has 0 radical (unpaired) electrons. The summed E-state index contributed by atoms with van der Waals surface area (Å²) in [6.45, 7) is 5.07. The molecule has 1 aliphatic carbocycles. The fraction of sp³-hybridized carbons (Fsp3) is 0.458. The van der Waals surface area contributed by atoms with Crippen molar-refractivity contribution in [1.29, 1.82) is 0 Å². The zero-order valence-electron chi connectivity index (χ0n) is 19.1. The van der Waals surface area contributed by atoms with Crippen LogP contribution in [0.3, 0.4) is 0 Å². The first kappa shape index (κ1) is 25.9. The number of ether oxygens (including phenoxy) is 1. The van der Waals surface area contributed by atoms with Crippen LogP contribution in [0.15, 0.2) is 52.7 Å². The van der Waals surface area contributed by atoms with Crippen molar-refractivity contribution in [3.8, 4) is 11.5 Å². The van der Waals surface area contributed by atoms with E-state index in [4.69, 9.17) is 9.15 Å². The first-order valence-corrected chi connectivity index (χ1v) is 11.9. The van der Waals surface area contributed by atoms with Crippen LogP contribution in [0, 0.1) is 0 Å². The highest BCUT2D eigenvalue weighted by molar-refractivity contribution is 8.00. The van der Waals surface area contributed by atoms with E-state index >= 15 is 0 Å². The zero-order chi connectivity index (χ0) is 24.9. The van der Waals surface area contributed by atoms with E-state index < -0.39 is 23.3 Å². The van der Waals surface area contributed by atoms with Gasteiger partial charge in [0.25, 0.3) is 0 Å². The van der Waals surface area contributed by atoms with E-state index in [0.717, 1.165) is 31.4 Å². The van der Waals surface area contributed by atoms with Gasteiger partial charge in [-0.1, -0.05) is 25.8 Å². The van der Waals surface area contributed by atoms with Gasteiger partial charge in [-0.05, 0) is 63.1 Å². The van der Waals surface area contributed by atoms with E-state index in [1.165, 1.54) is 26.0 Å². The Morgan fingerprint density at radius 3 is 2.53 bits per heavy atom. The van der Waals surface area contributed by atoms with Crippen LogP contribution in [-0.2, 0) is 15.7 Å². The second kappa shape index (κ2) is 10.7. The maximum Gasteiger partial charge on any atom is 0.416 e. The number of benzene rings is 1. The van der Waals surface area contributed by atoms with Crippen molar-refractivity contribution in [2.24, 2.45) is 0 Å². The summed E-state index contributed by atoms with van der Waals surface area (Å²) in [5.41, 5.74) is -1.63. The molecule has 2 aromatic rings. The molecule has 0 amide bonds. The van der Waals surface area contributed by atoms with E-state index in [-0.39, 0.29) is 16.4 Å². The number of carbonyl (C=O) groups is 1. The number of thioether (sulfide) groups is 1. The Kier molecular flexibility index (Phi) is 8.12. The summed E-state index contributed by atoms with van der Waals surface area (Å²) in [7, 11) is 0. The van der Waals surface area contributed by atoms with Gasteiger partial charge >= 0.3 is 12.1 Å². The van der Waals surface area contributed by atoms with Gasteiger partial charge in [-0.3, -0.25) is 0 Å². The van der Waals surface area contributed by atoms with E-state index in [1.54, 1.807) is 17.8 Å². The molecule has 0 saturated heterocycles. The summed E-state index contributed by atoms with van der Waals surface area (Å²) in [5, 5.41) is 17.5. The molecular formula is C24H27F3N2O4S. The van der Waals surface area contributed by atoms with Gasteiger partial charge in [-0.2, -0.15) is 13.2 Å². The molecule has 1 aromatic carbocycles. The lowest BCUT2D eigenvalue weighted by molar-refractivity contribution is -0.156. The molecular weight excluding hydrogens is 469 g/mol. The summed E-state index contributed by atoms with van der Waals surface area (Å²) in [6.07, 6.45) is 4.57. The van der Waals surface area contributed by atoms with Gasteiger partial charge in [0.2, 0.25) is 11.8 Å². The first-order valence-electron chi connectivity index (χ1n) is 11.0. The molecule has 6 nitrogen and oxygen atoms in total. The van der Waals surface area contributed by atoms with Gasteiger partial charge in [0.1, 0.15) is 5.76 Å². The monoisotopic (exact) mass is 496 g/mol. The molecule has 34 heavy (non-hydrogen) atoms. The molecule has 0 aliphatic heterocycles. The highest BCUT2D eigenvalue weighted by Crippen LogP contribution is 2.40. The third-order valence-electron chi connectivity index (χ3n) is 5.25. The van der Waals surface area contributed by atoms with Crippen molar-refractivity contribution < 1.29 is 32.2 Å². The van der Waals surface area contributed by atoms with Gasteiger partial charge in [0, 0.05) is 10.8 Å².